The number of amides is 1. The van der Waals surface area contributed by atoms with Gasteiger partial charge in [-0.3, -0.25) is 4.79 Å². The van der Waals surface area contributed by atoms with Gasteiger partial charge in [-0.2, -0.15) is 4.39 Å². The van der Waals surface area contributed by atoms with Crippen LogP contribution < -0.4 is 10.1 Å². The van der Waals surface area contributed by atoms with E-state index in [1.54, 1.807) is 0 Å². The van der Waals surface area contributed by atoms with Crippen LogP contribution >= 0.6 is 0 Å². The van der Waals surface area contributed by atoms with Gasteiger partial charge < -0.3 is 14.8 Å². The van der Waals surface area contributed by atoms with E-state index in [0.717, 1.165) is 13.2 Å². The lowest BCUT2D eigenvalue weighted by molar-refractivity contribution is -0.145. The molecule has 19 heavy (non-hydrogen) atoms. The Labute approximate surface area is 108 Å². The third-order valence-electron chi connectivity index (χ3n) is 2.18. The van der Waals surface area contributed by atoms with Crippen LogP contribution in [0.25, 0.3) is 0 Å². The summed E-state index contributed by atoms with van der Waals surface area (Å²) < 4.78 is 35.6. The zero-order valence-corrected chi connectivity index (χ0v) is 10.4. The average molecular weight is 273 g/mol. The number of hydrogen-bond acceptors (Lipinski definition) is 4. The van der Waals surface area contributed by atoms with Crippen molar-refractivity contribution in [2.24, 2.45) is 0 Å². The Morgan fingerprint density at radius 2 is 2.05 bits per heavy atom. The van der Waals surface area contributed by atoms with Gasteiger partial charge in [-0.05, 0) is 12.1 Å². The molecule has 7 heteroatoms. The fourth-order valence-corrected chi connectivity index (χ4v) is 1.32. The first-order valence-corrected chi connectivity index (χ1v) is 5.37. The average Bonchev–Trinajstić information content (AvgIpc) is 2.37. The van der Waals surface area contributed by atoms with Crippen LogP contribution in [-0.2, 0) is 14.3 Å². The minimum Gasteiger partial charge on any atom is -0.488 e. The van der Waals surface area contributed by atoms with Crippen molar-refractivity contribution in [2.75, 3.05) is 13.7 Å². The minimum atomic E-state index is -1.16. The summed E-state index contributed by atoms with van der Waals surface area (Å²) in [5.41, 5.74) is 0. The number of rotatable bonds is 5. The van der Waals surface area contributed by atoms with Crippen LogP contribution in [0.4, 0.5) is 8.78 Å². The third kappa shape index (κ3) is 4.20. The van der Waals surface area contributed by atoms with Crippen molar-refractivity contribution >= 4 is 11.9 Å². The summed E-state index contributed by atoms with van der Waals surface area (Å²) >= 11 is 0. The van der Waals surface area contributed by atoms with Crippen molar-refractivity contribution in [2.45, 2.75) is 13.0 Å². The largest absolute Gasteiger partial charge is 0.488 e. The minimum absolute atomic E-state index is 0.348. The van der Waals surface area contributed by atoms with Crippen LogP contribution in [-0.4, -0.2) is 31.6 Å². The van der Waals surface area contributed by atoms with Gasteiger partial charge in [0.05, 0.1) is 7.11 Å². The molecule has 1 rings (SSSR count). The Hall–Kier alpha value is -2.18. The van der Waals surface area contributed by atoms with E-state index in [-0.39, 0.29) is 12.4 Å². The highest BCUT2D eigenvalue weighted by Gasteiger charge is 2.22. The van der Waals surface area contributed by atoms with Gasteiger partial charge in [0, 0.05) is 6.92 Å². The molecule has 1 aromatic carbocycles. The monoisotopic (exact) mass is 273 g/mol. The number of nitrogens with one attached hydrogen (secondary N) is 1. The Balaban J connectivity index is 2.73. The summed E-state index contributed by atoms with van der Waals surface area (Å²) in [6.45, 7) is 0.839. The zero-order valence-electron chi connectivity index (χ0n) is 10.4. The molecule has 1 aromatic rings. The molecule has 1 amide bonds. The molecule has 0 aliphatic carbocycles. The van der Waals surface area contributed by atoms with E-state index in [9.17, 15) is 18.4 Å². The van der Waals surface area contributed by atoms with Crippen molar-refractivity contribution in [3.63, 3.8) is 0 Å². The lowest BCUT2D eigenvalue weighted by atomic mass is 10.3. The highest BCUT2D eigenvalue weighted by molar-refractivity contribution is 5.83. The van der Waals surface area contributed by atoms with Crippen molar-refractivity contribution in [3.8, 4) is 5.75 Å². The number of halogens is 2. The quantitative estimate of drug-likeness (QED) is 0.814. The Morgan fingerprint density at radius 1 is 1.37 bits per heavy atom. The van der Waals surface area contributed by atoms with Crippen molar-refractivity contribution in [1.29, 1.82) is 0 Å². The highest BCUT2D eigenvalue weighted by atomic mass is 19.2. The van der Waals surface area contributed by atoms with Crippen LogP contribution in [0.2, 0.25) is 0 Å². The van der Waals surface area contributed by atoms with Gasteiger partial charge in [0.25, 0.3) is 0 Å². The Kier molecular flexibility index (Phi) is 5.23. The fourth-order valence-electron chi connectivity index (χ4n) is 1.32. The lowest BCUT2D eigenvalue weighted by Crippen LogP contribution is -2.44. The molecule has 0 bridgehead atoms. The normalized spacial score (nSPS) is 11.6. The summed E-state index contributed by atoms with van der Waals surface area (Å²) in [5.74, 6) is -3.79. The molecule has 5 nitrogen and oxygen atoms in total. The van der Waals surface area contributed by atoms with Gasteiger partial charge in [0.15, 0.2) is 17.6 Å². The van der Waals surface area contributed by atoms with Crippen LogP contribution in [0.3, 0.4) is 0 Å². The van der Waals surface area contributed by atoms with E-state index < -0.39 is 29.6 Å². The SMILES string of the molecule is COC(=O)C(COc1cccc(F)c1F)NC(C)=O. The molecule has 0 radical (unpaired) electrons. The number of carbonyl (C=O) groups is 2. The predicted octanol–water partition coefficient (Wildman–Crippen LogP) is 1.02. The molecule has 104 valence electrons. The van der Waals surface area contributed by atoms with Crippen LogP contribution in [0, 0.1) is 11.6 Å². The highest BCUT2D eigenvalue weighted by Crippen LogP contribution is 2.19. The molecule has 0 heterocycles. The Morgan fingerprint density at radius 3 is 2.63 bits per heavy atom. The number of methoxy groups -OCH3 is 1. The van der Waals surface area contributed by atoms with Crippen LogP contribution in [0.5, 0.6) is 5.75 Å². The smallest absolute Gasteiger partial charge is 0.331 e. The molecule has 1 N–H and O–H groups in total. The number of carbonyl (C=O) groups excluding carboxylic acids is 2. The number of esters is 1. The maximum atomic E-state index is 13.3. The third-order valence-corrected chi connectivity index (χ3v) is 2.18. The van der Waals surface area contributed by atoms with Gasteiger partial charge in [0.1, 0.15) is 6.61 Å². The van der Waals surface area contributed by atoms with E-state index in [0.29, 0.717) is 0 Å². The molecule has 0 aromatic heterocycles. The molecule has 0 saturated carbocycles. The van der Waals surface area contributed by atoms with Crippen molar-refractivity contribution in [3.05, 3.63) is 29.8 Å². The number of hydrogen-bond donors (Lipinski definition) is 1. The van der Waals surface area contributed by atoms with E-state index in [4.69, 9.17) is 4.74 Å². The molecule has 0 aliphatic heterocycles. The summed E-state index contributed by atoms with van der Waals surface area (Å²) in [5, 5.41) is 2.28. The second-order valence-electron chi connectivity index (χ2n) is 3.64. The summed E-state index contributed by atoms with van der Waals surface area (Å²) in [6.07, 6.45) is 0. The molecule has 0 spiro atoms. The van der Waals surface area contributed by atoms with Crippen LogP contribution in [0.15, 0.2) is 18.2 Å². The summed E-state index contributed by atoms with van der Waals surface area (Å²) in [4.78, 5) is 22.2. The van der Waals surface area contributed by atoms with Crippen molar-refractivity contribution < 1.29 is 27.8 Å². The van der Waals surface area contributed by atoms with Gasteiger partial charge in [-0.1, -0.05) is 6.07 Å². The van der Waals surface area contributed by atoms with E-state index in [2.05, 4.69) is 10.1 Å². The first-order chi connectivity index (χ1) is 8.95. The molecule has 0 aliphatic rings. The molecule has 1 unspecified atom stereocenters. The van der Waals surface area contributed by atoms with Gasteiger partial charge in [-0.15, -0.1) is 0 Å². The first-order valence-electron chi connectivity index (χ1n) is 5.37. The Bertz CT molecular complexity index is 479. The van der Waals surface area contributed by atoms with E-state index in [1.807, 2.05) is 0 Å². The molecule has 0 saturated heterocycles. The molecular weight excluding hydrogens is 260 g/mol. The van der Waals surface area contributed by atoms with Gasteiger partial charge in [-0.25, -0.2) is 9.18 Å². The van der Waals surface area contributed by atoms with Gasteiger partial charge in [0.2, 0.25) is 11.7 Å². The predicted molar refractivity (Wildman–Crippen MR) is 61.5 cm³/mol. The zero-order chi connectivity index (χ0) is 14.4. The van der Waals surface area contributed by atoms with Crippen molar-refractivity contribution in [1.82, 2.24) is 5.32 Å². The summed E-state index contributed by atoms with van der Waals surface area (Å²) in [7, 11) is 1.14. The van der Waals surface area contributed by atoms with Gasteiger partial charge >= 0.3 is 5.97 Å². The fraction of sp³-hybridized carbons (Fsp3) is 0.333. The lowest BCUT2D eigenvalue weighted by Gasteiger charge is -2.16. The molecule has 0 fully saturated rings. The second kappa shape index (κ2) is 6.67. The topological polar surface area (TPSA) is 64.6 Å². The number of benzene rings is 1. The van der Waals surface area contributed by atoms with Crippen LogP contribution in [0.1, 0.15) is 6.92 Å². The van der Waals surface area contributed by atoms with E-state index >= 15 is 0 Å². The molecular formula is C12H13F2NO4. The summed E-state index contributed by atoms with van der Waals surface area (Å²) in [6, 6.07) is 2.32. The maximum Gasteiger partial charge on any atom is 0.331 e. The van der Waals surface area contributed by atoms with E-state index in [1.165, 1.54) is 19.1 Å². The maximum absolute atomic E-state index is 13.3. The molecule has 1 atom stereocenters. The standard InChI is InChI=1S/C12H13F2NO4/c1-7(16)15-9(12(17)18-2)6-19-10-5-3-4-8(13)11(10)14/h3-5,9H,6H2,1-2H3,(H,15,16). The second-order valence-corrected chi connectivity index (χ2v) is 3.64. The first kappa shape index (κ1) is 14.9. The number of ether oxygens (including phenoxy) is 2.